The van der Waals surface area contributed by atoms with Gasteiger partial charge in [0.15, 0.2) is 0 Å². The number of likely N-dealkylation sites (N-methyl/N-ethyl adjacent to an activating group) is 1. The van der Waals surface area contributed by atoms with Crippen molar-refractivity contribution >= 4 is 0 Å². The van der Waals surface area contributed by atoms with Crippen molar-refractivity contribution in [3.63, 3.8) is 0 Å². The Balaban J connectivity index is 2.57. The number of aryl methyl sites for hydroxylation is 1. The van der Waals surface area contributed by atoms with E-state index in [-0.39, 0.29) is 0 Å². The zero-order valence-electron chi connectivity index (χ0n) is 9.08. The summed E-state index contributed by atoms with van der Waals surface area (Å²) >= 11 is 0. The van der Waals surface area contributed by atoms with E-state index in [1.807, 2.05) is 20.0 Å². The molecule has 0 aliphatic carbocycles. The van der Waals surface area contributed by atoms with Crippen LogP contribution in [0.5, 0.6) is 0 Å². The summed E-state index contributed by atoms with van der Waals surface area (Å²) in [6.45, 7) is 5.11. The van der Waals surface area contributed by atoms with E-state index in [1.54, 1.807) is 10.9 Å². The smallest absolute Gasteiger partial charge is 0.254 e. The Kier molecular flexibility index (Phi) is 4.68. The maximum Gasteiger partial charge on any atom is 0.254 e. The topological polar surface area (TPSA) is 29.9 Å². The van der Waals surface area contributed by atoms with Gasteiger partial charge < -0.3 is 5.32 Å². The van der Waals surface area contributed by atoms with E-state index in [2.05, 4.69) is 10.4 Å². The Hall–Kier alpha value is -0.970. The highest BCUT2D eigenvalue weighted by molar-refractivity contribution is 5.06. The van der Waals surface area contributed by atoms with Gasteiger partial charge in [0, 0.05) is 12.7 Å². The summed E-state index contributed by atoms with van der Waals surface area (Å²) in [5, 5.41) is 6.82. The lowest BCUT2D eigenvalue weighted by Crippen LogP contribution is -2.37. The van der Waals surface area contributed by atoms with Crippen LogP contribution in [0.2, 0.25) is 0 Å². The predicted molar refractivity (Wildman–Crippen MR) is 55.1 cm³/mol. The highest BCUT2D eigenvalue weighted by atomic mass is 19.3. The molecule has 1 atom stereocenters. The van der Waals surface area contributed by atoms with Gasteiger partial charge in [-0.3, -0.25) is 4.68 Å². The third-order valence-corrected chi connectivity index (χ3v) is 2.24. The minimum atomic E-state index is -2.34. The first-order chi connectivity index (χ1) is 7.17. The van der Waals surface area contributed by atoms with E-state index in [4.69, 9.17) is 0 Å². The van der Waals surface area contributed by atoms with E-state index >= 15 is 0 Å². The van der Waals surface area contributed by atoms with Crippen LogP contribution in [0.3, 0.4) is 0 Å². The van der Waals surface area contributed by atoms with Gasteiger partial charge in [-0.2, -0.15) is 5.10 Å². The molecule has 3 nitrogen and oxygen atoms in total. The molecule has 1 aromatic rings. The molecular formula is C10H17F2N3. The fourth-order valence-electron chi connectivity index (χ4n) is 1.45. The van der Waals surface area contributed by atoms with Crippen LogP contribution in [0, 0.1) is 0 Å². The van der Waals surface area contributed by atoms with Crippen LogP contribution in [0.4, 0.5) is 8.78 Å². The number of rotatable bonds is 6. The molecule has 0 radical (unpaired) electrons. The average Bonchev–Trinajstić information content (AvgIpc) is 2.65. The van der Waals surface area contributed by atoms with Crippen molar-refractivity contribution < 1.29 is 8.78 Å². The molecule has 1 unspecified atom stereocenters. The van der Waals surface area contributed by atoms with Gasteiger partial charge in [0.05, 0.1) is 12.2 Å². The van der Waals surface area contributed by atoms with Gasteiger partial charge in [0.25, 0.3) is 6.43 Å². The van der Waals surface area contributed by atoms with Crippen molar-refractivity contribution in [1.29, 1.82) is 0 Å². The minimum Gasteiger partial charge on any atom is -0.309 e. The lowest BCUT2D eigenvalue weighted by Gasteiger charge is -2.15. The number of aromatic nitrogens is 2. The Morgan fingerprint density at radius 1 is 1.47 bits per heavy atom. The molecule has 1 heterocycles. The quantitative estimate of drug-likeness (QED) is 0.785. The van der Waals surface area contributed by atoms with Crippen molar-refractivity contribution in [1.82, 2.24) is 15.1 Å². The molecule has 0 amide bonds. The summed E-state index contributed by atoms with van der Waals surface area (Å²) in [5.74, 6) is 0. The lowest BCUT2D eigenvalue weighted by molar-refractivity contribution is 0.0991. The molecule has 0 saturated carbocycles. The molecule has 0 saturated heterocycles. The van der Waals surface area contributed by atoms with Gasteiger partial charge in [-0.1, -0.05) is 6.92 Å². The van der Waals surface area contributed by atoms with Crippen LogP contribution < -0.4 is 5.32 Å². The number of halogens is 2. The first-order valence-corrected chi connectivity index (χ1v) is 5.20. The third-order valence-electron chi connectivity index (χ3n) is 2.24. The maximum absolute atomic E-state index is 12.6. The Labute approximate surface area is 88.5 Å². The van der Waals surface area contributed by atoms with E-state index in [1.165, 1.54) is 0 Å². The largest absolute Gasteiger partial charge is 0.309 e. The van der Waals surface area contributed by atoms with Crippen LogP contribution >= 0.6 is 0 Å². The van der Waals surface area contributed by atoms with Crippen LogP contribution in [0.15, 0.2) is 12.4 Å². The number of alkyl halides is 2. The number of nitrogens with zero attached hydrogens (tertiary/aromatic N) is 2. The van der Waals surface area contributed by atoms with Crippen molar-refractivity contribution in [2.75, 3.05) is 6.54 Å². The SMILES string of the molecule is CCNC(Cc1cnn(CC)c1)C(F)F. The van der Waals surface area contributed by atoms with Crippen LogP contribution in [-0.4, -0.2) is 28.8 Å². The fraction of sp³-hybridized carbons (Fsp3) is 0.700. The molecular weight excluding hydrogens is 200 g/mol. The molecule has 0 aromatic carbocycles. The van der Waals surface area contributed by atoms with E-state index in [0.717, 1.165) is 12.1 Å². The summed E-state index contributed by atoms with van der Waals surface area (Å²) in [5.41, 5.74) is 0.850. The van der Waals surface area contributed by atoms with Gasteiger partial charge in [-0.15, -0.1) is 0 Å². The molecule has 0 aliphatic rings. The van der Waals surface area contributed by atoms with Gasteiger partial charge in [0.1, 0.15) is 0 Å². The minimum absolute atomic E-state index is 0.325. The van der Waals surface area contributed by atoms with Crippen molar-refractivity contribution in [3.8, 4) is 0 Å². The second-order valence-electron chi connectivity index (χ2n) is 3.41. The Morgan fingerprint density at radius 3 is 2.67 bits per heavy atom. The first kappa shape index (κ1) is 12.1. The van der Waals surface area contributed by atoms with Crippen LogP contribution in [0.25, 0.3) is 0 Å². The summed E-state index contributed by atoms with van der Waals surface area (Å²) < 4.78 is 26.9. The highest BCUT2D eigenvalue weighted by Crippen LogP contribution is 2.09. The molecule has 5 heteroatoms. The molecule has 0 bridgehead atoms. The number of hydrogen-bond donors (Lipinski definition) is 1. The summed E-state index contributed by atoms with van der Waals surface area (Å²) in [4.78, 5) is 0. The molecule has 0 fully saturated rings. The zero-order valence-corrected chi connectivity index (χ0v) is 9.08. The predicted octanol–water partition coefficient (Wildman–Crippen LogP) is 1.69. The Morgan fingerprint density at radius 2 is 2.20 bits per heavy atom. The number of hydrogen-bond acceptors (Lipinski definition) is 2. The molecule has 1 aromatic heterocycles. The summed E-state index contributed by atoms with van der Waals surface area (Å²) in [6, 6.07) is -0.774. The lowest BCUT2D eigenvalue weighted by atomic mass is 10.1. The maximum atomic E-state index is 12.6. The Bertz CT molecular complexity index is 286. The van der Waals surface area contributed by atoms with Gasteiger partial charge in [-0.05, 0) is 25.5 Å². The zero-order chi connectivity index (χ0) is 11.3. The summed E-state index contributed by atoms with van der Waals surface area (Å²) in [7, 11) is 0. The summed E-state index contributed by atoms with van der Waals surface area (Å²) in [6.07, 6.45) is 1.45. The van der Waals surface area contributed by atoms with Gasteiger partial charge in [0.2, 0.25) is 0 Å². The second-order valence-corrected chi connectivity index (χ2v) is 3.41. The van der Waals surface area contributed by atoms with Crippen molar-refractivity contribution in [3.05, 3.63) is 18.0 Å². The van der Waals surface area contributed by atoms with E-state index < -0.39 is 12.5 Å². The third kappa shape index (κ3) is 3.58. The monoisotopic (exact) mass is 217 g/mol. The molecule has 1 rings (SSSR count). The standard InChI is InChI=1S/C10H17F2N3/c1-3-13-9(10(11)12)5-8-6-14-15(4-2)7-8/h6-7,9-10,13H,3-5H2,1-2H3. The number of nitrogens with one attached hydrogen (secondary N) is 1. The molecule has 1 N–H and O–H groups in total. The highest BCUT2D eigenvalue weighted by Gasteiger charge is 2.19. The van der Waals surface area contributed by atoms with Gasteiger partial charge >= 0.3 is 0 Å². The van der Waals surface area contributed by atoms with Crippen molar-refractivity contribution in [2.45, 2.75) is 39.3 Å². The van der Waals surface area contributed by atoms with Crippen molar-refractivity contribution in [2.24, 2.45) is 0 Å². The van der Waals surface area contributed by atoms with Crippen LogP contribution in [0.1, 0.15) is 19.4 Å². The molecule has 15 heavy (non-hydrogen) atoms. The van der Waals surface area contributed by atoms with Crippen LogP contribution in [-0.2, 0) is 13.0 Å². The van der Waals surface area contributed by atoms with E-state index in [9.17, 15) is 8.78 Å². The average molecular weight is 217 g/mol. The molecule has 86 valence electrons. The molecule has 0 aliphatic heterocycles. The fourth-order valence-corrected chi connectivity index (χ4v) is 1.45. The second kappa shape index (κ2) is 5.80. The van der Waals surface area contributed by atoms with Gasteiger partial charge in [-0.25, -0.2) is 8.78 Å². The molecule has 0 spiro atoms. The first-order valence-electron chi connectivity index (χ1n) is 5.20. The van der Waals surface area contributed by atoms with E-state index in [0.29, 0.717) is 13.0 Å². The normalized spacial score (nSPS) is 13.4.